The van der Waals surface area contributed by atoms with Crippen LogP contribution in [0.5, 0.6) is 0 Å². The van der Waals surface area contributed by atoms with E-state index in [0.717, 1.165) is 24.8 Å². The fourth-order valence-corrected chi connectivity index (χ4v) is 4.44. The van der Waals surface area contributed by atoms with Crippen molar-refractivity contribution in [3.05, 3.63) is 34.7 Å². The smallest absolute Gasteiger partial charge is 0.314 e. The molecule has 20 heavy (non-hydrogen) atoms. The molecule has 5 heteroatoms. The second-order valence-electron chi connectivity index (χ2n) is 5.55. The van der Waals surface area contributed by atoms with Crippen LogP contribution in [0.15, 0.2) is 28.5 Å². The summed E-state index contributed by atoms with van der Waals surface area (Å²) in [5.41, 5.74) is 0.479. The molecule has 0 saturated heterocycles. The number of sulfone groups is 1. The van der Waals surface area contributed by atoms with Crippen molar-refractivity contribution < 1.29 is 18.3 Å². The van der Waals surface area contributed by atoms with Crippen molar-refractivity contribution in [2.75, 3.05) is 0 Å². The van der Waals surface area contributed by atoms with Gasteiger partial charge in [0.05, 0.1) is 10.3 Å². The SMILES string of the molecule is O=C(O)C1(c2ccc3c(c2)C=CS3(=O)=O)CCCCC1. The van der Waals surface area contributed by atoms with Crippen molar-refractivity contribution in [1.29, 1.82) is 0 Å². The van der Waals surface area contributed by atoms with Crippen LogP contribution in [0.25, 0.3) is 6.08 Å². The zero-order chi connectivity index (χ0) is 14.4. The van der Waals surface area contributed by atoms with Crippen LogP contribution in [0, 0.1) is 0 Å². The summed E-state index contributed by atoms with van der Waals surface area (Å²) in [4.78, 5) is 12.0. The molecule has 106 valence electrons. The van der Waals surface area contributed by atoms with E-state index in [1.54, 1.807) is 24.3 Å². The number of benzene rings is 1. The van der Waals surface area contributed by atoms with E-state index in [1.807, 2.05) is 0 Å². The number of rotatable bonds is 2. The second kappa shape index (κ2) is 4.45. The monoisotopic (exact) mass is 292 g/mol. The number of hydrogen-bond donors (Lipinski definition) is 1. The van der Waals surface area contributed by atoms with Gasteiger partial charge in [-0.25, -0.2) is 8.42 Å². The van der Waals surface area contributed by atoms with Crippen LogP contribution in [0.1, 0.15) is 43.2 Å². The third kappa shape index (κ3) is 1.88. The summed E-state index contributed by atoms with van der Waals surface area (Å²) in [6.45, 7) is 0. The molecular formula is C15H16O4S. The highest BCUT2D eigenvalue weighted by molar-refractivity contribution is 7.94. The molecule has 0 aromatic heterocycles. The summed E-state index contributed by atoms with van der Waals surface area (Å²) in [7, 11) is -3.32. The first kappa shape index (κ1) is 13.4. The van der Waals surface area contributed by atoms with Gasteiger partial charge in [-0.3, -0.25) is 4.79 Å². The van der Waals surface area contributed by atoms with E-state index in [4.69, 9.17) is 0 Å². The average Bonchev–Trinajstić information content (AvgIpc) is 2.75. The molecule has 4 nitrogen and oxygen atoms in total. The zero-order valence-electron chi connectivity index (χ0n) is 11.0. The lowest BCUT2D eigenvalue weighted by Crippen LogP contribution is -2.37. The van der Waals surface area contributed by atoms with E-state index >= 15 is 0 Å². The molecule has 1 heterocycles. The average molecular weight is 292 g/mol. The van der Waals surface area contributed by atoms with Crippen LogP contribution >= 0.6 is 0 Å². The minimum absolute atomic E-state index is 0.276. The van der Waals surface area contributed by atoms with Crippen LogP contribution in [0.2, 0.25) is 0 Å². The molecule has 1 aliphatic carbocycles. The third-order valence-corrected chi connectivity index (χ3v) is 5.89. The molecule has 0 amide bonds. The van der Waals surface area contributed by atoms with E-state index in [0.29, 0.717) is 18.4 Å². The lowest BCUT2D eigenvalue weighted by molar-refractivity contribution is -0.145. The first-order valence-electron chi connectivity index (χ1n) is 6.77. The van der Waals surface area contributed by atoms with Gasteiger partial charge in [0.15, 0.2) is 9.84 Å². The van der Waals surface area contributed by atoms with E-state index in [-0.39, 0.29) is 4.90 Å². The van der Waals surface area contributed by atoms with Gasteiger partial charge >= 0.3 is 5.97 Å². The summed E-state index contributed by atoms with van der Waals surface area (Å²) < 4.78 is 23.5. The van der Waals surface area contributed by atoms with E-state index < -0.39 is 21.2 Å². The highest BCUT2D eigenvalue weighted by Crippen LogP contribution is 2.41. The van der Waals surface area contributed by atoms with Crippen molar-refractivity contribution in [2.24, 2.45) is 0 Å². The van der Waals surface area contributed by atoms with Crippen molar-refractivity contribution in [3.63, 3.8) is 0 Å². The summed E-state index contributed by atoms with van der Waals surface area (Å²) in [6.07, 6.45) is 5.66. The molecule has 1 aliphatic heterocycles. The Kier molecular flexibility index (Phi) is 2.97. The Morgan fingerprint density at radius 1 is 1.15 bits per heavy atom. The minimum Gasteiger partial charge on any atom is -0.481 e. The topological polar surface area (TPSA) is 71.4 Å². The molecule has 3 rings (SSSR count). The molecule has 1 aromatic carbocycles. The first-order valence-corrected chi connectivity index (χ1v) is 8.31. The molecule has 1 fully saturated rings. The standard InChI is InChI=1S/C15H16O4S/c16-14(17)15(7-2-1-3-8-15)12-4-5-13-11(10-12)6-9-20(13,18)19/h4-6,9-10H,1-3,7-8H2,(H,16,17). The Morgan fingerprint density at radius 3 is 2.50 bits per heavy atom. The van der Waals surface area contributed by atoms with E-state index in [9.17, 15) is 18.3 Å². The molecule has 1 aromatic rings. The summed E-state index contributed by atoms with van der Waals surface area (Å²) in [5, 5.41) is 10.8. The summed E-state index contributed by atoms with van der Waals surface area (Å²) in [6, 6.07) is 4.94. The highest BCUT2D eigenvalue weighted by Gasteiger charge is 2.41. The molecule has 2 aliphatic rings. The van der Waals surface area contributed by atoms with Gasteiger partial charge in [-0.15, -0.1) is 0 Å². The fraction of sp³-hybridized carbons (Fsp3) is 0.400. The van der Waals surface area contributed by atoms with Gasteiger partial charge in [-0.1, -0.05) is 25.3 Å². The highest BCUT2D eigenvalue weighted by atomic mass is 32.2. The lowest BCUT2D eigenvalue weighted by atomic mass is 9.69. The molecule has 0 unspecified atom stereocenters. The van der Waals surface area contributed by atoms with Crippen molar-refractivity contribution in [2.45, 2.75) is 42.4 Å². The van der Waals surface area contributed by atoms with Gasteiger partial charge in [-0.2, -0.15) is 0 Å². The van der Waals surface area contributed by atoms with Crippen LogP contribution in [0.4, 0.5) is 0 Å². The van der Waals surface area contributed by atoms with Crippen LogP contribution in [-0.2, 0) is 20.0 Å². The minimum atomic E-state index is -3.32. The number of carboxylic acid groups (broad SMARTS) is 1. The van der Waals surface area contributed by atoms with Gasteiger partial charge in [0.25, 0.3) is 0 Å². The maximum Gasteiger partial charge on any atom is 0.314 e. The maximum absolute atomic E-state index is 11.8. The van der Waals surface area contributed by atoms with Crippen molar-refractivity contribution in [1.82, 2.24) is 0 Å². The Hall–Kier alpha value is -1.62. The van der Waals surface area contributed by atoms with Gasteiger partial charge in [0.2, 0.25) is 0 Å². The van der Waals surface area contributed by atoms with Gasteiger partial charge in [0.1, 0.15) is 0 Å². The second-order valence-corrected chi connectivity index (χ2v) is 7.35. The molecule has 1 N–H and O–H groups in total. The van der Waals surface area contributed by atoms with E-state index in [2.05, 4.69) is 0 Å². The first-order chi connectivity index (χ1) is 9.46. The van der Waals surface area contributed by atoms with E-state index in [1.165, 1.54) is 5.41 Å². The quantitative estimate of drug-likeness (QED) is 0.909. The maximum atomic E-state index is 11.8. The van der Waals surface area contributed by atoms with Crippen LogP contribution in [0.3, 0.4) is 0 Å². The largest absolute Gasteiger partial charge is 0.481 e. The summed E-state index contributed by atoms with van der Waals surface area (Å²) in [5.74, 6) is -0.804. The third-order valence-electron chi connectivity index (χ3n) is 4.41. The van der Waals surface area contributed by atoms with Crippen molar-refractivity contribution in [3.8, 4) is 0 Å². The zero-order valence-corrected chi connectivity index (χ0v) is 11.8. The molecular weight excluding hydrogens is 276 g/mol. The Morgan fingerprint density at radius 2 is 1.85 bits per heavy atom. The summed E-state index contributed by atoms with van der Waals surface area (Å²) >= 11 is 0. The van der Waals surface area contributed by atoms with Gasteiger partial charge in [0, 0.05) is 5.41 Å². The van der Waals surface area contributed by atoms with Crippen molar-refractivity contribution >= 4 is 21.9 Å². The van der Waals surface area contributed by atoms with Gasteiger partial charge in [-0.05, 0) is 42.2 Å². The molecule has 0 atom stereocenters. The number of hydrogen-bond acceptors (Lipinski definition) is 3. The van der Waals surface area contributed by atoms with Gasteiger partial charge < -0.3 is 5.11 Å². The normalized spacial score (nSPS) is 22.4. The molecule has 0 bridgehead atoms. The van der Waals surface area contributed by atoms with Crippen LogP contribution < -0.4 is 0 Å². The molecule has 0 spiro atoms. The molecule has 0 radical (unpaired) electrons. The predicted molar refractivity (Wildman–Crippen MR) is 75.1 cm³/mol. The lowest BCUT2D eigenvalue weighted by Gasteiger charge is -2.33. The Bertz CT molecular complexity index is 695. The Labute approximate surface area is 118 Å². The number of aliphatic carboxylic acids is 1. The predicted octanol–water partition coefficient (Wildman–Crippen LogP) is 2.73. The Balaban J connectivity index is 2.11. The fourth-order valence-electron chi connectivity index (χ4n) is 3.25. The van der Waals surface area contributed by atoms with Crippen LogP contribution in [-0.4, -0.2) is 19.5 Å². The number of carbonyl (C=O) groups is 1. The number of fused-ring (bicyclic) bond motifs is 1. The number of carboxylic acids is 1. The molecule has 1 saturated carbocycles.